The van der Waals surface area contributed by atoms with E-state index in [4.69, 9.17) is 4.74 Å². The molecule has 0 radical (unpaired) electrons. The second-order valence-corrected chi connectivity index (χ2v) is 4.17. The van der Waals surface area contributed by atoms with E-state index in [2.05, 4.69) is 18.4 Å². The van der Waals surface area contributed by atoms with E-state index in [1.54, 1.807) is 18.9 Å². The van der Waals surface area contributed by atoms with Crippen LogP contribution < -0.4 is 4.74 Å². The van der Waals surface area contributed by atoms with Gasteiger partial charge in [0, 0.05) is 0 Å². The third-order valence-electron chi connectivity index (χ3n) is 2.45. The van der Waals surface area contributed by atoms with E-state index in [0.717, 1.165) is 11.7 Å². The molecule has 0 N–H and O–H groups in total. The fraction of sp³-hybridized carbons (Fsp3) is 0.455. The Bertz CT molecular complexity index is 305. The molecule has 1 nitrogen and oxygen atoms in total. The molecule has 1 aromatic carbocycles. The van der Waals surface area contributed by atoms with Gasteiger partial charge < -0.3 is 4.74 Å². The summed E-state index contributed by atoms with van der Waals surface area (Å²) in [4.78, 5) is 1.33. The van der Waals surface area contributed by atoms with Crippen molar-refractivity contribution in [2.45, 2.75) is 23.7 Å². The van der Waals surface area contributed by atoms with Gasteiger partial charge in [-0.05, 0) is 36.6 Å². The van der Waals surface area contributed by atoms with Crippen molar-refractivity contribution < 1.29 is 4.74 Å². The summed E-state index contributed by atoms with van der Waals surface area (Å²) in [5.74, 6) is 1.83. The fourth-order valence-corrected chi connectivity index (χ4v) is 2.45. The summed E-state index contributed by atoms with van der Waals surface area (Å²) < 4.78 is 5.33. The highest BCUT2D eigenvalue weighted by Gasteiger charge is 2.26. The monoisotopic (exact) mass is 194 g/mol. The van der Waals surface area contributed by atoms with Gasteiger partial charge in [-0.25, -0.2) is 0 Å². The quantitative estimate of drug-likeness (QED) is 0.683. The molecular formula is C11H14OS. The molecule has 1 aliphatic carbocycles. The highest BCUT2D eigenvalue weighted by molar-refractivity contribution is 7.98. The summed E-state index contributed by atoms with van der Waals surface area (Å²) >= 11 is 1.79. The first-order valence-corrected chi connectivity index (χ1v) is 5.80. The highest BCUT2D eigenvalue weighted by Crippen LogP contribution is 2.46. The van der Waals surface area contributed by atoms with Crippen LogP contribution >= 0.6 is 11.8 Å². The van der Waals surface area contributed by atoms with Gasteiger partial charge in [0.25, 0.3) is 0 Å². The van der Waals surface area contributed by atoms with Crippen molar-refractivity contribution >= 4 is 11.8 Å². The summed E-state index contributed by atoms with van der Waals surface area (Å²) in [6, 6.07) is 6.36. The van der Waals surface area contributed by atoms with E-state index in [1.165, 1.54) is 23.3 Å². The molecule has 0 amide bonds. The van der Waals surface area contributed by atoms with Gasteiger partial charge in [0.05, 0.1) is 12.0 Å². The molecule has 1 aromatic rings. The van der Waals surface area contributed by atoms with Crippen LogP contribution in [0.2, 0.25) is 0 Å². The molecule has 13 heavy (non-hydrogen) atoms. The molecule has 0 saturated heterocycles. The van der Waals surface area contributed by atoms with Crippen LogP contribution in [0.3, 0.4) is 0 Å². The standard InChI is InChI=1S/C11H14OS/c1-12-10-5-3-4-9(8-6-7-8)11(10)13-2/h3-5,8H,6-7H2,1-2H3. The van der Waals surface area contributed by atoms with Crippen LogP contribution in [0, 0.1) is 0 Å². The minimum Gasteiger partial charge on any atom is -0.496 e. The number of thioether (sulfide) groups is 1. The van der Waals surface area contributed by atoms with E-state index in [1.807, 2.05) is 6.07 Å². The molecule has 70 valence electrons. The summed E-state index contributed by atoms with van der Waals surface area (Å²) in [7, 11) is 1.74. The lowest BCUT2D eigenvalue weighted by Crippen LogP contribution is -1.90. The first kappa shape index (κ1) is 8.95. The van der Waals surface area contributed by atoms with Crippen LogP contribution in [0.25, 0.3) is 0 Å². The zero-order chi connectivity index (χ0) is 9.26. The van der Waals surface area contributed by atoms with Crippen LogP contribution in [-0.4, -0.2) is 13.4 Å². The lowest BCUT2D eigenvalue weighted by atomic mass is 10.1. The van der Waals surface area contributed by atoms with E-state index in [0.29, 0.717) is 0 Å². The molecular weight excluding hydrogens is 180 g/mol. The molecule has 1 fully saturated rings. The predicted molar refractivity (Wildman–Crippen MR) is 56.8 cm³/mol. The predicted octanol–water partition coefficient (Wildman–Crippen LogP) is 3.29. The number of hydrogen-bond donors (Lipinski definition) is 0. The molecule has 0 unspecified atom stereocenters. The Morgan fingerprint density at radius 3 is 2.69 bits per heavy atom. The molecule has 0 atom stereocenters. The van der Waals surface area contributed by atoms with E-state index in [9.17, 15) is 0 Å². The van der Waals surface area contributed by atoms with E-state index < -0.39 is 0 Å². The van der Waals surface area contributed by atoms with E-state index >= 15 is 0 Å². The Morgan fingerprint density at radius 1 is 1.38 bits per heavy atom. The second kappa shape index (κ2) is 3.62. The van der Waals surface area contributed by atoms with Gasteiger partial charge in [0.2, 0.25) is 0 Å². The number of benzene rings is 1. The van der Waals surface area contributed by atoms with Crippen molar-refractivity contribution in [2.75, 3.05) is 13.4 Å². The summed E-state index contributed by atoms with van der Waals surface area (Å²) in [6.07, 6.45) is 4.81. The van der Waals surface area contributed by atoms with Gasteiger partial charge in [-0.3, -0.25) is 0 Å². The minimum absolute atomic E-state index is 0.803. The van der Waals surface area contributed by atoms with Crippen LogP contribution in [0.15, 0.2) is 23.1 Å². The topological polar surface area (TPSA) is 9.23 Å². The van der Waals surface area contributed by atoms with Crippen molar-refractivity contribution in [3.63, 3.8) is 0 Å². The molecule has 2 heteroatoms. The maximum absolute atomic E-state index is 5.33. The van der Waals surface area contributed by atoms with Gasteiger partial charge in [0.15, 0.2) is 0 Å². The maximum atomic E-state index is 5.33. The van der Waals surface area contributed by atoms with Crippen LogP contribution in [0.4, 0.5) is 0 Å². The average molecular weight is 194 g/mol. The minimum atomic E-state index is 0.803. The number of rotatable bonds is 3. The zero-order valence-corrected chi connectivity index (χ0v) is 8.86. The first-order chi connectivity index (χ1) is 6.36. The Kier molecular flexibility index (Phi) is 2.49. The van der Waals surface area contributed by atoms with Gasteiger partial charge in [-0.1, -0.05) is 12.1 Å². The largest absolute Gasteiger partial charge is 0.496 e. The van der Waals surface area contributed by atoms with Crippen molar-refractivity contribution in [3.8, 4) is 5.75 Å². The maximum Gasteiger partial charge on any atom is 0.132 e. The molecule has 0 aliphatic heterocycles. The van der Waals surface area contributed by atoms with Crippen LogP contribution in [0.5, 0.6) is 5.75 Å². The van der Waals surface area contributed by atoms with E-state index in [-0.39, 0.29) is 0 Å². The average Bonchev–Trinajstić information content (AvgIpc) is 2.99. The lowest BCUT2D eigenvalue weighted by molar-refractivity contribution is 0.404. The zero-order valence-electron chi connectivity index (χ0n) is 8.04. The van der Waals surface area contributed by atoms with Gasteiger partial charge in [-0.2, -0.15) is 0 Å². The second-order valence-electron chi connectivity index (χ2n) is 3.36. The number of methoxy groups -OCH3 is 1. The summed E-state index contributed by atoms with van der Waals surface area (Å²) in [5, 5.41) is 0. The fourth-order valence-electron chi connectivity index (χ4n) is 1.63. The normalized spacial score (nSPS) is 15.8. The molecule has 1 aliphatic rings. The SMILES string of the molecule is COc1cccc(C2CC2)c1SC. The molecule has 0 aromatic heterocycles. The van der Waals surface area contributed by atoms with Crippen molar-refractivity contribution in [3.05, 3.63) is 23.8 Å². The summed E-state index contributed by atoms with van der Waals surface area (Å²) in [5.41, 5.74) is 1.48. The molecule has 0 bridgehead atoms. The molecule has 0 heterocycles. The molecule has 1 saturated carbocycles. The smallest absolute Gasteiger partial charge is 0.132 e. The lowest BCUT2D eigenvalue weighted by Gasteiger charge is -2.10. The third-order valence-corrected chi connectivity index (χ3v) is 3.30. The van der Waals surface area contributed by atoms with Crippen molar-refractivity contribution in [1.29, 1.82) is 0 Å². The van der Waals surface area contributed by atoms with Crippen molar-refractivity contribution in [1.82, 2.24) is 0 Å². The Labute approximate surface area is 83.5 Å². The Morgan fingerprint density at radius 2 is 2.15 bits per heavy atom. The molecule has 2 rings (SSSR count). The van der Waals surface area contributed by atoms with Crippen LogP contribution in [-0.2, 0) is 0 Å². The highest BCUT2D eigenvalue weighted by atomic mass is 32.2. The van der Waals surface area contributed by atoms with Gasteiger partial charge in [-0.15, -0.1) is 11.8 Å². The third kappa shape index (κ3) is 1.68. The van der Waals surface area contributed by atoms with Gasteiger partial charge in [0.1, 0.15) is 5.75 Å². The Hall–Kier alpha value is -0.630. The molecule has 0 spiro atoms. The Balaban J connectivity index is 2.41. The number of ether oxygens (including phenoxy) is 1. The van der Waals surface area contributed by atoms with Crippen molar-refractivity contribution in [2.24, 2.45) is 0 Å². The van der Waals surface area contributed by atoms with Crippen LogP contribution in [0.1, 0.15) is 24.3 Å². The number of hydrogen-bond acceptors (Lipinski definition) is 2. The van der Waals surface area contributed by atoms with Gasteiger partial charge >= 0.3 is 0 Å². The first-order valence-electron chi connectivity index (χ1n) is 4.57. The summed E-state index contributed by atoms with van der Waals surface area (Å²) in [6.45, 7) is 0.